The molecule has 3 aromatic carbocycles. The van der Waals surface area contributed by atoms with Crippen LogP contribution in [0.1, 0.15) is 47.4 Å². The smallest absolute Gasteiger partial charge is 0.119 e. The van der Waals surface area contributed by atoms with E-state index in [9.17, 15) is 0 Å². The van der Waals surface area contributed by atoms with Gasteiger partial charge in [-0.3, -0.25) is 4.90 Å². The van der Waals surface area contributed by atoms with Gasteiger partial charge in [-0.2, -0.15) is 0 Å². The van der Waals surface area contributed by atoms with Crippen molar-refractivity contribution in [1.82, 2.24) is 4.90 Å². The van der Waals surface area contributed by atoms with E-state index in [4.69, 9.17) is 21.1 Å². The summed E-state index contributed by atoms with van der Waals surface area (Å²) in [6, 6.07) is 23.8. The first-order valence-corrected chi connectivity index (χ1v) is 12.9. The number of rotatable bonds is 8. The number of hydrogen-bond acceptors (Lipinski definition) is 3. The minimum absolute atomic E-state index is 0.351. The van der Waals surface area contributed by atoms with Crippen molar-refractivity contribution >= 4 is 11.6 Å². The summed E-state index contributed by atoms with van der Waals surface area (Å²) in [7, 11) is 1.74. The number of hydrogen-bond donors (Lipinski definition) is 0. The molecule has 2 aliphatic rings. The Kier molecular flexibility index (Phi) is 7.42. The molecule has 2 unspecified atom stereocenters. The molecule has 0 radical (unpaired) electrons. The maximum absolute atomic E-state index is 6.14. The van der Waals surface area contributed by atoms with Crippen LogP contribution in [0.25, 0.3) is 0 Å². The molecule has 3 aromatic rings. The molecule has 0 amide bonds. The highest BCUT2D eigenvalue weighted by atomic mass is 35.5. The quantitative estimate of drug-likeness (QED) is 0.359. The third-order valence-corrected chi connectivity index (χ3v) is 7.72. The van der Waals surface area contributed by atoms with Crippen LogP contribution >= 0.6 is 11.6 Å². The fourth-order valence-electron chi connectivity index (χ4n) is 5.66. The number of halogens is 1. The summed E-state index contributed by atoms with van der Waals surface area (Å²) in [4.78, 5) is 2.49. The summed E-state index contributed by atoms with van der Waals surface area (Å²) >= 11 is 6.14. The van der Waals surface area contributed by atoms with Gasteiger partial charge in [-0.25, -0.2) is 0 Å². The molecule has 1 aliphatic heterocycles. The van der Waals surface area contributed by atoms with Crippen molar-refractivity contribution in [3.8, 4) is 11.5 Å². The molecule has 3 nitrogen and oxygen atoms in total. The van der Waals surface area contributed by atoms with E-state index in [0.29, 0.717) is 11.8 Å². The predicted octanol–water partition coefficient (Wildman–Crippen LogP) is 6.76. The predicted molar refractivity (Wildman–Crippen MR) is 139 cm³/mol. The molecule has 34 heavy (non-hydrogen) atoms. The first-order valence-electron chi connectivity index (χ1n) is 12.6. The molecular formula is C30H34ClNO2. The zero-order valence-electron chi connectivity index (χ0n) is 20.0. The monoisotopic (exact) mass is 475 g/mol. The van der Waals surface area contributed by atoms with Crippen molar-refractivity contribution in [1.29, 1.82) is 0 Å². The van der Waals surface area contributed by atoms with Gasteiger partial charge in [0.15, 0.2) is 0 Å². The van der Waals surface area contributed by atoms with Crippen molar-refractivity contribution in [3.63, 3.8) is 0 Å². The Bertz CT molecular complexity index is 1070. The Labute approximate surface area is 208 Å². The topological polar surface area (TPSA) is 21.7 Å². The first-order chi connectivity index (χ1) is 16.7. The summed E-state index contributed by atoms with van der Waals surface area (Å²) in [6.07, 6.45) is 5.92. The number of likely N-dealkylation sites (tertiary alicyclic amines) is 1. The molecule has 1 saturated heterocycles. The Hall–Kier alpha value is -2.49. The van der Waals surface area contributed by atoms with Crippen molar-refractivity contribution in [2.45, 2.75) is 38.0 Å². The van der Waals surface area contributed by atoms with Crippen molar-refractivity contribution in [2.75, 3.05) is 33.4 Å². The number of nitrogens with zero attached hydrogens (tertiary/aromatic N) is 1. The second-order valence-corrected chi connectivity index (χ2v) is 10.1. The van der Waals surface area contributed by atoms with E-state index in [-0.39, 0.29) is 0 Å². The van der Waals surface area contributed by atoms with Crippen molar-refractivity contribution in [2.24, 2.45) is 5.92 Å². The zero-order valence-corrected chi connectivity index (χ0v) is 20.8. The maximum atomic E-state index is 6.14. The van der Waals surface area contributed by atoms with Gasteiger partial charge in [0.2, 0.25) is 0 Å². The molecule has 5 rings (SSSR count). The number of ether oxygens (including phenoxy) is 2. The summed E-state index contributed by atoms with van der Waals surface area (Å²) in [6.45, 7) is 4.19. The van der Waals surface area contributed by atoms with Gasteiger partial charge in [0.1, 0.15) is 18.1 Å². The summed E-state index contributed by atoms with van der Waals surface area (Å²) in [5, 5.41) is 0.793. The van der Waals surface area contributed by atoms with E-state index in [1.165, 1.54) is 48.2 Å². The van der Waals surface area contributed by atoms with Crippen LogP contribution in [0.5, 0.6) is 11.5 Å². The Morgan fingerprint density at radius 3 is 2.38 bits per heavy atom. The standard InChI is InChI=1S/C30H34ClNO2/c1-33-28-14-15-29-24(21-28)6-7-25(20-22-4-10-26(31)11-5-22)30(29)23-8-12-27(13-9-23)34-19-18-32-16-2-3-17-32/h4-5,8-15,21,25,30H,2-3,6-7,16-20H2,1H3. The minimum Gasteiger partial charge on any atom is -0.497 e. The van der Waals surface area contributed by atoms with Gasteiger partial charge in [-0.15, -0.1) is 0 Å². The molecule has 0 spiro atoms. The molecule has 4 heteroatoms. The largest absolute Gasteiger partial charge is 0.497 e. The lowest BCUT2D eigenvalue weighted by molar-refractivity contribution is 0.237. The molecule has 1 aliphatic carbocycles. The Morgan fingerprint density at radius 2 is 1.65 bits per heavy atom. The summed E-state index contributed by atoms with van der Waals surface area (Å²) < 4.78 is 11.6. The van der Waals surface area contributed by atoms with Crippen LogP contribution in [0.15, 0.2) is 66.7 Å². The van der Waals surface area contributed by atoms with Crippen molar-refractivity contribution < 1.29 is 9.47 Å². The fourth-order valence-corrected chi connectivity index (χ4v) is 5.78. The second-order valence-electron chi connectivity index (χ2n) is 9.64. The van der Waals surface area contributed by atoms with Gasteiger partial charge in [0, 0.05) is 17.5 Å². The lowest BCUT2D eigenvalue weighted by atomic mass is 9.70. The molecule has 0 N–H and O–H groups in total. The van der Waals surface area contributed by atoms with Gasteiger partial charge in [0.05, 0.1) is 7.11 Å². The fraction of sp³-hybridized carbons (Fsp3) is 0.400. The molecule has 1 heterocycles. The van der Waals surface area contributed by atoms with Crippen LogP contribution < -0.4 is 9.47 Å². The van der Waals surface area contributed by atoms with E-state index in [1.807, 2.05) is 12.1 Å². The normalized spacial score (nSPS) is 20.2. The number of benzene rings is 3. The van der Waals surface area contributed by atoms with E-state index in [1.54, 1.807) is 7.11 Å². The zero-order chi connectivity index (χ0) is 23.3. The van der Waals surface area contributed by atoms with E-state index in [0.717, 1.165) is 48.9 Å². The highest BCUT2D eigenvalue weighted by Crippen LogP contribution is 2.43. The average molecular weight is 476 g/mol. The van der Waals surface area contributed by atoms with Gasteiger partial charge in [-0.1, -0.05) is 41.9 Å². The van der Waals surface area contributed by atoms with Crippen LogP contribution in [0, 0.1) is 5.92 Å². The third-order valence-electron chi connectivity index (χ3n) is 7.47. The first kappa shape index (κ1) is 23.3. The molecule has 0 aromatic heterocycles. The molecular weight excluding hydrogens is 442 g/mol. The number of methoxy groups -OCH3 is 1. The number of aryl methyl sites for hydroxylation is 1. The van der Waals surface area contributed by atoms with Crippen LogP contribution in [0.3, 0.4) is 0 Å². The van der Waals surface area contributed by atoms with Crippen LogP contribution in [0.4, 0.5) is 0 Å². The van der Waals surface area contributed by atoms with E-state index in [2.05, 4.69) is 59.5 Å². The maximum Gasteiger partial charge on any atom is 0.119 e. The molecule has 0 bridgehead atoms. The van der Waals surface area contributed by atoms with Gasteiger partial charge in [0.25, 0.3) is 0 Å². The highest BCUT2D eigenvalue weighted by Gasteiger charge is 2.31. The SMILES string of the molecule is COc1ccc2c(c1)CCC(Cc1ccc(Cl)cc1)C2c1ccc(OCCN2CCCC2)cc1. The lowest BCUT2D eigenvalue weighted by Gasteiger charge is -2.35. The second kappa shape index (κ2) is 10.8. The average Bonchev–Trinajstić information content (AvgIpc) is 3.39. The molecule has 2 atom stereocenters. The summed E-state index contributed by atoms with van der Waals surface area (Å²) in [5.41, 5.74) is 5.53. The minimum atomic E-state index is 0.351. The highest BCUT2D eigenvalue weighted by molar-refractivity contribution is 6.30. The van der Waals surface area contributed by atoms with Crippen LogP contribution in [0.2, 0.25) is 5.02 Å². The Morgan fingerprint density at radius 1 is 0.912 bits per heavy atom. The Balaban J connectivity index is 1.36. The lowest BCUT2D eigenvalue weighted by Crippen LogP contribution is -2.25. The number of fused-ring (bicyclic) bond motifs is 1. The molecule has 178 valence electrons. The van der Waals surface area contributed by atoms with Gasteiger partial charge in [-0.05, 0) is 110 Å². The molecule has 0 saturated carbocycles. The van der Waals surface area contributed by atoms with Gasteiger partial charge < -0.3 is 9.47 Å². The van der Waals surface area contributed by atoms with Crippen molar-refractivity contribution in [3.05, 3.63) is 94.0 Å². The van der Waals surface area contributed by atoms with Crippen LogP contribution in [-0.2, 0) is 12.8 Å². The summed E-state index contributed by atoms with van der Waals surface area (Å²) in [5.74, 6) is 2.78. The van der Waals surface area contributed by atoms with E-state index < -0.39 is 0 Å². The van der Waals surface area contributed by atoms with Crippen LogP contribution in [-0.4, -0.2) is 38.3 Å². The van der Waals surface area contributed by atoms with Gasteiger partial charge >= 0.3 is 0 Å². The van der Waals surface area contributed by atoms with E-state index >= 15 is 0 Å². The third kappa shape index (κ3) is 5.42. The molecule has 1 fully saturated rings.